The third-order valence-electron chi connectivity index (χ3n) is 3.14. The van der Waals surface area contributed by atoms with E-state index in [1.54, 1.807) is 18.2 Å². The fourth-order valence-corrected chi connectivity index (χ4v) is 2.01. The maximum atomic E-state index is 12.9. The number of carbonyl (C=O) groups is 1. The third-order valence-corrected chi connectivity index (χ3v) is 3.14. The van der Waals surface area contributed by atoms with Crippen molar-refractivity contribution < 1.29 is 18.7 Å². The van der Waals surface area contributed by atoms with Crippen LogP contribution in [0.3, 0.4) is 0 Å². The van der Waals surface area contributed by atoms with Crippen LogP contribution < -0.4 is 0 Å². The zero-order valence-electron chi connectivity index (χ0n) is 11.9. The van der Waals surface area contributed by atoms with Crippen LogP contribution in [0.1, 0.15) is 27.5 Å². The van der Waals surface area contributed by atoms with Gasteiger partial charge in [0.2, 0.25) is 5.82 Å². The number of nitrogens with zero attached hydrogens (tertiary/aromatic N) is 2. The lowest BCUT2D eigenvalue weighted by atomic mass is 10.1. The SMILES string of the molecule is O=C(C=C(O)c1nc[nH]n1)c1coc(Cc2ccc(F)cc2)c1. The number of allylic oxidation sites excluding steroid dienone is 1. The number of aliphatic hydroxyl groups is 1. The molecule has 0 aliphatic carbocycles. The van der Waals surface area contributed by atoms with E-state index in [1.807, 2.05) is 0 Å². The molecule has 6 nitrogen and oxygen atoms in total. The molecule has 7 heteroatoms. The molecule has 0 saturated heterocycles. The van der Waals surface area contributed by atoms with E-state index >= 15 is 0 Å². The molecule has 2 heterocycles. The van der Waals surface area contributed by atoms with Crippen LogP contribution in [0.5, 0.6) is 0 Å². The first-order chi connectivity index (χ1) is 11.1. The molecule has 3 aromatic rings. The Morgan fingerprint density at radius 3 is 2.83 bits per heavy atom. The summed E-state index contributed by atoms with van der Waals surface area (Å²) in [5.41, 5.74) is 1.16. The molecule has 0 radical (unpaired) electrons. The van der Waals surface area contributed by atoms with Gasteiger partial charge in [-0.15, -0.1) is 0 Å². The molecule has 0 aliphatic heterocycles. The molecule has 0 aliphatic rings. The van der Waals surface area contributed by atoms with Crippen molar-refractivity contribution in [3.05, 3.63) is 77.5 Å². The van der Waals surface area contributed by atoms with Crippen LogP contribution in [0.4, 0.5) is 4.39 Å². The number of aromatic nitrogens is 3. The average Bonchev–Trinajstić information content (AvgIpc) is 3.21. The first-order valence-electron chi connectivity index (χ1n) is 6.75. The van der Waals surface area contributed by atoms with E-state index in [2.05, 4.69) is 15.2 Å². The van der Waals surface area contributed by atoms with E-state index < -0.39 is 5.78 Å². The number of H-pyrrole nitrogens is 1. The first kappa shape index (κ1) is 14.7. The van der Waals surface area contributed by atoms with Crippen LogP contribution in [0.2, 0.25) is 0 Å². The Labute approximate surface area is 130 Å². The topological polar surface area (TPSA) is 92.0 Å². The van der Waals surface area contributed by atoms with Crippen LogP contribution >= 0.6 is 0 Å². The van der Waals surface area contributed by atoms with Gasteiger partial charge >= 0.3 is 0 Å². The van der Waals surface area contributed by atoms with Gasteiger partial charge in [-0.1, -0.05) is 12.1 Å². The Hall–Kier alpha value is -3.22. The number of hydrogen-bond donors (Lipinski definition) is 2. The molecule has 0 spiro atoms. The van der Waals surface area contributed by atoms with Crippen LogP contribution in [-0.2, 0) is 6.42 Å². The fraction of sp³-hybridized carbons (Fsp3) is 0.0625. The maximum Gasteiger partial charge on any atom is 0.215 e. The van der Waals surface area contributed by atoms with Gasteiger partial charge in [-0.3, -0.25) is 9.89 Å². The minimum atomic E-state index is -0.429. The fourth-order valence-electron chi connectivity index (χ4n) is 2.01. The lowest BCUT2D eigenvalue weighted by Crippen LogP contribution is -1.96. The number of benzene rings is 1. The zero-order chi connectivity index (χ0) is 16.2. The van der Waals surface area contributed by atoms with Crippen molar-refractivity contribution in [2.45, 2.75) is 6.42 Å². The van der Waals surface area contributed by atoms with E-state index in [0.717, 1.165) is 11.6 Å². The molecule has 116 valence electrons. The van der Waals surface area contributed by atoms with Crippen molar-refractivity contribution in [1.29, 1.82) is 0 Å². The van der Waals surface area contributed by atoms with Gasteiger partial charge < -0.3 is 9.52 Å². The van der Waals surface area contributed by atoms with Crippen LogP contribution in [0, 0.1) is 5.82 Å². The quantitative estimate of drug-likeness (QED) is 0.429. The van der Waals surface area contributed by atoms with E-state index in [4.69, 9.17) is 4.42 Å². The molecule has 1 aromatic carbocycles. The summed E-state index contributed by atoms with van der Waals surface area (Å²) in [6.07, 6.45) is 4.06. The summed E-state index contributed by atoms with van der Waals surface area (Å²) in [6, 6.07) is 7.60. The van der Waals surface area contributed by atoms with E-state index in [-0.39, 0.29) is 17.4 Å². The van der Waals surface area contributed by atoms with Crippen molar-refractivity contribution >= 4 is 11.5 Å². The van der Waals surface area contributed by atoms with Gasteiger partial charge in [0.1, 0.15) is 24.2 Å². The number of hydrogen-bond acceptors (Lipinski definition) is 5. The summed E-state index contributed by atoms with van der Waals surface area (Å²) in [7, 11) is 0. The van der Waals surface area contributed by atoms with Crippen molar-refractivity contribution in [3.8, 4) is 0 Å². The summed E-state index contributed by atoms with van der Waals surface area (Å²) in [5.74, 6) is -0.477. The molecule has 0 saturated carbocycles. The van der Waals surface area contributed by atoms with Crippen molar-refractivity contribution in [1.82, 2.24) is 15.2 Å². The van der Waals surface area contributed by atoms with Gasteiger partial charge in [0.15, 0.2) is 11.5 Å². The van der Waals surface area contributed by atoms with Gasteiger partial charge in [-0.05, 0) is 23.8 Å². The Morgan fingerprint density at radius 1 is 1.35 bits per heavy atom. The smallest absolute Gasteiger partial charge is 0.215 e. The second kappa shape index (κ2) is 6.27. The third kappa shape index (κ3) is 3.52. The van der Waals surface area contributed by atoms with Gasteiger partial charge in [0.25, 0.3) is 0 Å². The highest BCUT2D eigenvalue weighted by Crippen LogP contribution is 2.16. The maximum absolute atomic E-state index is 12.9. The molecule has 0 unspecified atom stereocenters. The molecule has 3 rings (SSSR count). The second-order valence-corrected chi connectivity index (χ2v) is 4.82. The number of ketones is 1. The van der Waals surface area contributed by atoms with E-state index in [9.17, 15) is 14.3 Å². The van der Waals surface area contributed by atoms with Crippen molar-refractivity contribution in [3.63, 3.8) is 0 Å². The zero-order valence-corrected chi connectivity index (χ0v) is 11.9. The van der Waals surface area contributed by atoms with Crippen LogP contribution in [0.25, 0.3) is 5.76 Å². The molecule has 2 aromatic heterocycles. The molecule has 23 heavy (non-hydrogen) atoms. The Kier molecular flexibility index (Phi) is 4.01. The standard InChI is InChI=1S/C16H12FN3O3/c17-12-3-1-10(2-4-12)5-13-6-11(8-23-13)14(21)7-15(22)16-18-9-19-20-16/h1-4,6-9,22H,5H2,(H,18,19,20). The minimum absolute atomic E-state index is 0.0355. The summed E-state index contributed by atoms with van der Waals surface area (Å²) >= 11 is 0. The van der Waals surface area contributed by atoms with Crippen LogP contribution in [-0.4, -0.2) is 26.1 Å². The average molecular weight is 313 g/mol. The largest absolute Gasteiger partial charge is 0.504 e. The first-order valence-corrected chi connectivity index (χ1v) is 6.75. The number of carbonyl (C=O) groups excluding carboxylic acids is 1. The Balaban J connectivity index is 1.72. The van der Waals surface area contributed by atoms with Gasteiger partial charge in [0, 0.05) is 12.5 Å². The highest BCUT2D eigenvalue weighted by molar-refractivity contribution is 6.07. The number of halogens is 1. The molecule has 2 N–H and O–H groups in total. The minimum Gasteiger partial charge on any atom is -0.504 e. The highest BCUT2D eigenvalue weighted by Gasteiger charge is 2.12. The van der Waals surface area contributed by atoms with Gasteiger partial charge in [-0.25, -0.2) is 9.37 Å². The van der Waals surface area contributed by atoms with E-state index in [1.165, 1.54) is 24.7 Å². The monoisotopic (exact) mass is 313 g/mol. The summed E-state index contributed by atoms with van der Waals surface area (Å²) in [5, 5.41) is 15.8. The molecule has 0 atom stereocenters. The number of furan rings is 1. The van der Waals surface area contributed by atoms with E-state index in [0.29, 0.717) is 17.7 Å². The summed E-state index contributed by atoms with van der Waals surface area (Å²) in [4.78, 5) is 15.8. The molecule has 0 amide bonds. The molecular weight excluding hydrogens is 301 g/mol. The lowest BCUT2D eigenvalue weighted by molar-refractivity contribution is 0.104. The second-order valence-electron chi connectivity index (χ2n) is 4.82. The lowest BCUT2D eigenvalue weighted by Gasteiger charge is -1.97. The molecular formula is C16H12FN3O3. The number of nitrogens with one attached hydrogen (secondary N) is 1. The predicted octanol–water partition coefficient (Wildman–Crippen LogP) is 2.91. The number of rotatable bonds is 5. The number of aromatic amines is 1. The van der Waals surface area contributed by atoms with Crippen molar-refractivity contribution in [2.24, 2.45) is 0 Å². The predicted molar refractivity (Wildman–Crippen MR) is 79.2 cm³/mol. The normalized spacial score (nSPS) is 11.6. The Bertz CT molecular complexity index is 836. The molecule has 0 fully saturated rings. The van der Waals surface area contributed by atoms with Crippen LogP contribution in [0.15, 0.2) is 53.4 Å². The summed E-state index contributed by atoms with van der Waals surface area (Å²) < 4.78 is 18.2. The van der Waals surface area contributed by atoms with Gasteiger partial charge in [0.05, 0.1) is 5.56 Å². The van der Waals surface area contributed by atoms with Gasteiger partial charge in [-0.2, -0.15) is 5.10 Å². The number of aliphatic hydroxyl groups excluding tert-OH is 1. The summed E-state index contributed by atoms with van der Waals surface area (Å²) in [6.45, 7) is 0. The van der Waals surface area contributed by atoms with Crippen molar-refractivity contribution in [2.75, 3.05) is 0 Å². The molecule has 0 bridgehead atoms. The Morgan fingerprint density at radius 2 is 2.13 bits per heavy atom. The highest BCUT2D eigenvalue weighted by atomic mass is 19.1.